The highest BCUT2D eigenvalue weighted by Crippen LogP contribution is 2.48. The Morgan fingerprint density at radius 2 is 1.94 bits per heavy atom. The van der Waals surface area contributed by atoms with Gasteiger partial charge in [0.2, 0.25) is 0 Å². The van der Waals surface area contributed by atoms with Gasteiger partial charge in [0.25, 0.3) is 0 Å². The van der Waals surface area contributed by atoms with Gasteiger partial charge in [0, 0.05) is 0 Å². The van der Waals surface area contributed by atoms with Crippen molar-refractivity contribution in [1.82, 2.24) is 0 Å². The highest BCUT2D eigenvalue weighted by atomic mass is 14.3. The highest BCUT2D eigenvalue weighted by molar-refractivity contribution is 6.00. The van der Waals surface area contributed by atoms with Gasteiger partial charge < -0.3 is 0 Å². The first-order valence-electron chi connectivity index (χ1n) is 6.57. The third-order valence-electron chi connectivity index (χ3n) is 4.35. The summed E-state index contributed by atoms with van der Waals surface area (Å²) in [5, 5.41) is 0. The summed E-state index contributed by atoms with van der Waals surface area (Å²) in [6.45, 7) is 0. The van der Waals surface area contributed by atoms with Crippen molar-refractivity contribution in [3.63, 3.8) is 0 Å². The van der Waals surface area contributed by atoms with Crippen molar-refractivity contribution in [2.24, 2.45) is 0 Å². The molecule has 0 fully saturated rings. The van der Waals surface area contributed by atoms with E-state index in [4.69, 9.17) is 0 Å². The molecule has 0 atom stereocenters. The van der Waals surface area contributed by atoms with E-state index in [1.165, 1.54) is 44.6 Å². The summed E-state index contributed by atoms with van der Waals surface area (Å²) in [4.78, 5) is 0. The number of allylic oxidation sites excluding steroid dienone is 9. The van der Waals surface area contributed by atoms with Crippen molar-refractivity contribution >= 4 is 11.6 Å². The van der Waals surface area contributed by atoms with Crippen LogP contribution in [0.25, 0.3) is 11.6 Å². The van der Waals surface area contributed by atoms with Crippen LogP contribution >= 0.6 is 0 Å². The van der Waals surface area contributed by atoms with Crippen molar-refractivity contribution < 1.29 is 0 Å². The molecule has 18 heavy (non-hydrogen) atoms. The van der Waals surface area contributed by atoms with Gasteiger partial charge in [-0.1, -0.05) is 42.5 Å². The van der Waals surface area contributed by atoms with Crippen molar-refractivity contribution in [2.45, 2.75) is 12.8 Å². The molecule has 0 aliphatic heterocycles. The first kappa shape index (κ1) is 8.93. The molecular weight excluding hydrogens is 216 g/mol. The Labute approximate surface area is 106 Å². The predicted molar refractivity (Wildman–Crippen MR) is 75.0 cm³/mol. The van der Waals surface area contributed by atoms with Crippen LogP contribution in [0.1, 0.15) is 23.1 Å². The SMILES string of the molecule is C1=CC2=C3C(=Cc4cccc(c43)C2)C/C=C2C=C1/2. The molecule has 84 valence electrons. The molecule has 0 saturated carbocycles. The maximum absolute atomic E-state index is 2.38. The molecule has 0 amide bonds. The van der Waals surface area contributed by atoms with Gasteiger partial charge in [0.05, 0.1) is 0 Å². The zero-order chi connectivity index (χ0) is 11.7. The van der Waals surface area contributed by atoms with Crippen LogP contribution in [-0.2, 0) is 6.42 Å². The fourth-order valence-corrected chi connectivity index (χ4v) is 3.44. The van der Waals surface area contributed by atoms with Gasteiger partial charge in [-0.15, -0.1) is 0 Å². The molecule has 0 heterocycles. The molecule has 4 aliphatic carbocycles. The van der Waals surface area contributed by atoms with Crippen LogP contribution in [0.2, 0.25) is 0 Å². The number of fused-ring (bicyclic) bond motifs is 1. The molecule has 0 heteroatoms. The van der Waals surface area contributed by atoms with Gasteiger partial charge in [-0.25, -0.2) is 0 Å². The second kappa shape index (κ2) is 2.84. The Morgan fingerprint density at radius 3 is 2.94 bits per heavy atom. The minimum absolute atomic E-state index is 1.07. The van der Waals surface area contributed by atoms with Crippen LogP contribution in [0.15, 0.2) is 64.8 Å². The average molecular weight is 228 g/mol. The number of hydrogen-bond donors (Lipinski definition) is 0. The summed E-state index contributed by atoms with van der Waals surface area (Å²) < 4.78 is 0. The summed E-state index contributed by atoms with van der Waals surface area (Å²) in [6, 6.07) is 6.72. The van der Waals surface area contributed by atoms with E-state index in [0.717, 1.165) is 12.8 Å². The van der Waals surface area contributed by atoms with Gasteiger partial charge in [-0.05, 0) is 63.5 Å². The normalized spacial score (nSPS) is 24.3. The van der Waals surface area contributed by atoms with E-state index >= 15 is 0 Å². The molecule has 0 saturated heterocycles. The molecule has 0 bridgehead atoms. The summed E-state index contributed by atoms with van der Waals surface area (Å²) in [7, 11) is 0. The van der Waals surface area contributed by atoms with E-state index in [9.17, 15) is 0 Å². The fraction of sp³-hybridized carbons (Fsp3) is 0.111. The average Bonchev–Trinajstić information content (AvgIpc) is 2.85. The second-order valence-electron chi connectivity index (χ2n) is 5.42. The quantitative estimate of drug-likeness (QED) is 0.623. The Bertz CT molecular complexity index is 761. The van der Waals surface area contributed by atoms with E-state index in [-0.39, 0.29) is 0 Å². The molecule has 0 N–H and O–H groups in total. The largest absolute Gasteiger partial charge is 0.0722 e. The molecule has 1 aromatic carbocycles. The number of benzene rings is 1. The lowest BCUT2D eigenvalue weighted by molar-refractivity contribution is 1.24. The Kier molecular flexibility index (Phi) is 1.41. The van der Waals surface area contributed by atoms with Crippen LogP contribution in [0.3, 0.4) is 0 Å². The minimum atomic E-state index is 1.07. The topological polar surface area (TPSA) is 0 Å². The van der Waals surface area contributed by atoms with Crippen molar-refractivity contribution in [3.8, 4) is 0 Å². The molecule has 0 spiro atoms. The van der Waals surface area contributed by atoms with Crippen LogP contribution in [0.5, 0.6) is 0 Å². The number of rotatable bonds is 0. The summed E-state index contributed by atoms with van der Waals surface area (Å²) in [5.74, 6) is 0. The molecular formula is C18H12. The first-order valence-corrected chi connectivity index (χ1v) is 6.57. The molecule has 0 aromatic heterocycles. The van der Waals surface area contributed by atoms with Crippen molar-refractivity contribution in [3.05, 3.63) is 81.5 Å². The Balaban J connectivity index is 1.80. The monoisotopic (exact) mass is 228 g/mol. The van der Waals surface area contributed by atoms with Gasteiger partial charge in [0.15, 0.2) is 0 Å². The van der Waals surface area contributed by atoms with Gasteiger partial charge in [0.1, 0.15) is 0 Å². The van der Waals surface area contributed by atoms with E-state index < -0.39 is 0 Å². The van der Waals surface area contributed by atoms with Crippen molar-refractivity contribution in [2.75, 3.05) is 0 Å². The Hall–Kier alpha value is -2.08. The van der Waals surface area contributed by atoms with Crippen LogP contribution < -0.4 is 0 Å². The third kappa shape index (κ3) is 1.01. The summed E-state index contributed by atoms with van der Waals surface area (Å²) in [6.07, 6.45) is 13.8. The minimum Gasteiger partial charge on any atom is -0.0722 e. The maximum Gasteiger partial charge on any atom is -0.00131 e. The van der Waals surface area contributed by atoms with Crippen LogP contribution in [-0.4, -0.2) is 0 Å². The van der Waals surface area contributed by atoms with Crippen LogP contribution in [0, 0.1) is 0 Å². The fourth-order valence-electron chi connectivity index (χ4n) is 3.44. The first-order chi connectivity index (χ1) is 8.90. The lowest BCUT2D eigenvalue weighted by Crippen LogP contribution is -1.84. The second-order valence-corrected chi connectivity index (χ2v) is 5.42. The standard InChI is InChI=1S/C18H12/c1-2-13-9-15-6-4-11-8-12(11)5-7-16-10-14(3-1)17(13)18(15)16/h1-6,8,10H,7,9H2/b6-4?,12-5-. The van der Waals surface area contributed by atoms with E-state index in [0.29, 0.717) is 0 Å². The Morgan fingerprint density at radius 1 is 0.944 bits per heavy atom. The lowest BCUT2D eigenvalue weighted by atomic mass is 10.0. The molecule has 1 aromatic rings. The summed E-state index contributed by atoms with van der Waals surface area (Å²) in [5.41, 5.74) is 11.8. The predicted octanol–water partition coefficient (Wildman–Crippen LogP) is 4.22. The van der Waals surface area contributed by atoms with Gasteiger partial charge >= 0.3 is 0 Å². The third-order valence-corrected chi connectivity index (χ3v) is 4.35. The van der Waals surface area contributed by atoms with Gasteiger partial charge in [-0.3, -0.25) is 0 Å². The highest BCUT2D eigenvalue weighted by Gasteiger charge is 2.29. The summed E-state index contributed by atoms with van der Waals surface area (Å²) >= 11 is 0. The van der Waals surface area contributed by atoms with Crippen LogP contribution in [0.4, 0.5) is 0 Å². The van der Waals surface area contributed by atoms with Gasteiger partial charge in [-0.2, -0.15) is 0 Å². The van der Waals surface area contributed by atoms with E-state index in [2.05, 4.69) is 48.6 Å². The molecule has 5 rings (SSSR count). The maximum atomic E-state index is 2.38. The molecule has 0 radical (unpaired) electrons. The van der Waals surface area contributed by atoms with Crippen molar-refractivity contribution in [1.29, 1.82) is 0 Å². The molecule has 0 unspecified atom stereocenters. The molecule has 4 aliphatic rings. The molecule has 0 nitrogen and oxygen atoms in total. The lowest BCUT2D eigenvalue weighted by Gasteiger charge is -2.03. The van der Waals surface area contributed by atoms with E-state index in [1.807, 2.05) is 0 Å². The smallest absolute Gasteiger partial charge is 0.00131 e. The zero-order valence-electron chi connectivity index (χ0n) is 10.0. The van der Waals surface area contributed by atoms with E-state index in [1.54, 1.807) is 0 Å². The number of hydrogen-bond acceptors (Lipinski definition) is 0. The zero-order valence-corrected chi connectivity index (χ0v) is 10.0.